The van der Waals surface area contributed by atoms with Crippen LogP contribution in [0.4, 0.5) is 5.69 Å². The summed E-state index contributed by atoms with van der Waals surface area (Å²) in [6.07, 6.45) is 0. The summed E-state index contributed by atoms with van der Waals surface area (Å²) in [5.74, 6) is -0.461. The van der Waals surface area contributed by atoms with Crippen LogP contribution in [0, 0.1) is 0 Å². The first-order chi connectivity index (χ1) is 12.5. The summed E-state index contributed by atoms with van der Waals surface area (Å²) in [4.78, 5) is 23.2. The van der Waals surface area contributed by atoms with Crippen molar-refractivity contribution in [1.29, 1.82) is 0 Å². The van der Waals surface area contributed by atoms with E-state index in [9.17, 15) is 9.59 Å². The van der Waals surface area contributed by atoms with E-state index in [0.717, 1.165) is 22.0 Å². The van der Waals surface area contributed by atoms with E-state index in [0.29, 0.717) is 11.3 Å². The van der Waals surface area contributed by atoms with Crippen molar-refractivity contribution >= 4 is 34.0 Å². The van der Waals surface area contributed by atoms with Gasteiger partial charge in [0.05, 0.1) is 5.71 Å². The third-order valence-corrected chi connectivity index (χ3v) is 3.96. The number of anilines is 1. The van der Waals surface area contributed by atoms with Gasteiger partial charge in [0.15, 0.2) is 0 Å². The molecule has 5 nitrogen and oxygen atoms in total. The van der Waals surface area contributed by atoms with Crippen molar-refractivity contribution in [2.24, 2.45) is 5.10 Å². The molecule has 0 spiro atoms. The highest BCUT2D eigenvalue weighted by atomic mass is 16.2. The number of benzene rings is 3. The van der Waals surface area contributed by atoms with Crippen LogP contribution in [0.3, 0.4) is 0 Å². The highest BCUT2D eigenvalue weighted by molar-refractivity contribution is 6.03. The van der Waals surface area contributed by atoms with Crippen LogP contribution in [0.25, 0.3) is 10.8 Å². The molecule has 0 aliphatic heterocycles. The van der Waals surface area contributed by atoms with Crippen LogP contribution < -0.4 is 10.7 Å². The summed E-state index contributed by atoms with van der Waals surface area (Å²) in [6, 6.07) is 20.8. The van der Waals surface area contributed by atoms with Gasteiger partial charge in [-0.2, -0.15) is 5.10 Å². The third kappa shape index (κ3) is 4.13. The lowest BCUT2D eigenvalue weighted by Crippen LogP contribution is -2.19. The van der Waals surface area contributed by atoms with Crippen molar-refractivity contribution in [2.75, 3.05) is 5.32 Å². The molecular formula is C21H19N3O2. The number of carbonyl (C=O) groups excluding carboxylic acids is 2. The number of nitrogens with zero attached hydrogens (tertiary/aromatic N) is 1. The Morgan fingerprint density at radius 3 is 2.15 bits per heavy atom. The van der Waals surface area contributed by atoms with Crippen LogP contribution in [0.1, 0.15) is 29.8 Å². The number of carbonyl (C=O) groups is 2. The molecule has 0 aliphatic carbocycles. The van der Waals surface area contributed by atoms with Gasteiger partial charge in [0, 0.05) is 18.2 Å². The lowest BCUT2D eigenvalue weighted by molar-refractivity contribution is -0.114. The van der Waals surface area contributed by atoms with E-state index in [1.165, 1.54) is 6.92 Å². The zero-order valence-corrected chi connectivity index (χ0v) is 14.6. The minimum atomic E-state index is -0.306. The van der Waals surface area contributed by atoms with E-state index in [1.54, 1.807) is 24.3 Å². The maximum Gasteiger partial charge on any atom is 0.271 e. The fraction of sp³-hybridized carbons (Fsp3) is 0.0952. The molecule has 3 rings (SSSR count). The molecule has 26 heavy (non-hydrogen) atoms. The summed E-state index contributed by atoms with van der Waals surface area (Å²) >= 11 is 0. The first-order valence-electron chi connectivity index (χ1n) is 8.24. The zero-order chi connectivity index (χ0) is 18.5. The van der Waals surface area contributed by atoms with E-state index in [2.05, 4.69) is 21.9 Å². The molecule has 130 valence electrons. The molecule has 2 amide bonds. The van der Waals surface area contributed by atoms with Gasteiger partial charge in [-0.25, -0.2) is 5.43 Å². The Morgan fingerprint density at radius 2 is 1.46 bits per heavy atom. The van der Waals surface area contributed by atoms with E-state index >= 15 is 0 Å². The fourth-order valence-corrected chi connectivity index (χ4v) is 2.59. The van der Waals surface area contributed by atoms with Gasteiger partial charge >= 0.3 is 0 Å². The second-order valence-corrected chi connectivity index (χ2v) is 5.96. The molecule has 0 aliphatic rings. The lowest BCUT2D eigenvalue weighted by atomic mass is 10.0. The molecule has 0 unspecified atom stereocenters. The molecule has 0 atom stereocenters. The molecule has 3 aromatic rings. The zero-order valence-electron chi connectivity index (χ0n) is 14.6. The van der Waals surface area contributed by atoms with Crippen molar-refractivity contribution in [3.63, 3.8) is 0 Å². The molecule has 3 aromatic carbocycles. The van der Waals surface area contributed by atoms with E-state index in [4.69, 9.17) is 0 Å². The van der Waals surface area contributed by atoms with Crippen LogP contribution in [0.2, 0.25) is 0 Å². The quantitative estimate of drug-likeness (QED) is 0.555. The van der Waals surface area contributed by atoms with Gasteiger partial charge in [-0.3, -0.25) is 9.59 Å². The SMILES string of the molecule is CC(=O)Nc1ccc(C(=O)NN=C(C)c2ccc3ccccc3c2)cc1. The Morgan fingerprint density at radius 1 is 0.808 bits per heavy atom. The maximum absolute atomic E-state index is 12.2. The standard InChI is InChI=1S/C21H19N3O2/c1-14(18-8-7-16-5-3-4-6-19(16)13-18)23-24-21(26)17-9-11-20(12-10-17)22-15(2)25/h3-13H,1-2H3,(H,22,25)(H,24,26). The summed E-state index contributed by atoms with van der Waals surface area (Å²) in [5, 5.41) is 9.14. The Kier molecular flexibility index (Phi) is 5.08. The van der Waals surface area contributed by atoms with Gasteiger partial charge in [-0.15, -0.1) is 0 Å². The smallest absolute Gasteiger partial charge is 0.271 e. The van der Waals surface area contributed by atoms with Crippen molar-refractivity contribution in [2.45, 2.75) is 13.8 Å². The Bertz CT molecular complexity index is 992. The number of hydrogen-bond donors (Lipinski definition) is 2. The van der Waals surface area contributed by atoms with Crippen LogP contribution >= 0.6 is 0 Å². The minimum Gasteiger partial charge on any atom is -0.326 e. The summed E-state index contributed by atoms with van der Waals surface area (Å²) in [7, 11) is 0. The fourth-order valence-electron chi connectivity index (χ4n) is 2.59. The molecule has 0 aromatic heterocycles. The maximum atomic E-state index is 12.2. The van der Waals surface area contributed by atoms with E-state index in [1.807, 2.05) is 43.3 Å². The average Bonchev–Trinajstić information content (AvgIpc) is 2.65. The second kappa shape index (κ2) is 7.61. The molecule has 2 N–H and O–H groups in total. The largest absolute Gasteiger partial charge is 0.326 e. The molecular weight excluding hydrogens is 326 g/mol. The number of hydrazone groups is 1. The van der Waals surface area contributed by atoms with Gasteiger partial charge < -0.3 is 5.32 Å². The highest BCUT2D eigenvalue weighted by Gasteiger charge is 2.06. The molecule has 0 saturated carbocycles. The minimum absolute atomic E-state index is 0.155. The normalized spacial score (nSPS) is 11.2. The van der Waals surface area contributed by atoms with Gasteiger partial charge in [0.2, 0.25) is 5.91 Å². The molecule has 0 saturated heterocycles. The third-order valence-electron chi connectivity index (χ3n) is 3.96. The van der Waals surface area contributed by atoms with Gasteiger partial charge in [-0.05, 0) is 53.6 Å². The Hall–Kier alpha value is -3.47. The van der Waals surface area contributed by atoms with Crippen molar-refractivity contribution in [3.05, 3.63) is 77.9 Å². The van der Waals surface area contributed by atoms with Crippen LogP contribution in [0.15, 0.2) is 71.8 Å². The first kappa shape index (κ1) is 17.4. The first-order valence-corrected chi connectivity index (χ1v) is 8.24. The predicted octanol–water partition coefficient (Wildman–Crippen LogP) is 3.95. The topological polar surface area (TPSA) is 70.6 Å². The van der Waals surface area contributed by atoms with E-state index < -0.39 is 0 Å². The number of rotatable bonds is 4. The predicted molar refractivity (Wildman–Crippen MR) is 104 cm³/mol. The molecule has 0 heterocycles. The Balaban J connectivity index is 1.71. The molecule has 5 heteroatoms. The van der Waals surface area contributed by atoms with Crippen molar-refractivity contribution in [3.8, 4) is 0 Å². The van der Waals surface area contributed by atoms with Gasteiger partial charge in [0.1, 0.15) is 0 Å². The van der Waals surface area contributed by atoms with Gasteiger partial charge in [-0.1, -0.05) is 36.4 Å². The second-order valence-electron chi connectivity index (χ2n) is 5.96. The summed E-state index contributed by atoms with van der Waals surface area (Å²) in [5.41, 5.74) is 5.35. The van der Waals surface area contributed by atoms with Crippen LogP contribution in [-0.2, 0) is 4.79 Å². The monoisotopic (exact) mass is 345 g/mol. The summed E-state index contributed by atoms with van der Waals surface area (Å²) in [6.45, 7) is 3.29. The van der Waals surface area contributed by atoms with Crippen LogP contribution in [0.5, 0.6) is 0 Å². The van der Waals surface area contributed by atoms with Crippen molar-refractivity contribution < 1.29 is 9.59 Å². The summed E-state index contributed by atoms with van der Waals surface area (Å²) < 4.78 is 0. The Labute approximate surface area is 151 Å². The number of fused-ring (bicyclic) bond motifs is 1. The average molecular weight is 345 g/mol. The van der Waals surface area contributed by atoms with Crippen LogP contribution in [-0.4, -0.2) is 17.5 Å². The van der Waals surface area contributed by atoms with Crippen molar-refractivity contribution in [1.82, 2.24) is 5.43 Å². The highest BCUT2D eigenvalue weighted by Crippen LogP contribution is 2.16. The van der Waals surface area contributed by atoms with Gasteiger partial charge in [0.25, 0.3) is 5.91 Å². The molecule has 0 radical (unpaired) electrons. The lowest BCUT2D eigenvalue weighted by Gasteiger charge is -2.06. The molecule has 0 bridgehead atoms. The number of hydrogen-bond acceptors (Lipinski definition) is 3. The molecule has 0 fully saturated rings. The number of amides is 2. The number of nitrogens with one attached hydrogen (secondary N) is 2. The van der Waals surface area contributed by atoms with E-state index in [-0.39, 0.29) is 11.8 Å².